The molecule has 19 heavy (non-hydrogen) atoms. The van der Waals surface area contributed by atoms with Gasteiger partial charge in [0.25, 0.3) is 0 Å². The zero-order valence-electron chi connectivity index (χ0n) is 11.3. The third-order valence-electron chi connectivity index (χ3n) is 2.56. The maximum absolute atomic E-state index is 11.9. The maximum atomic E-state index is 11.9. The summed E-state index contributed by atoms with van der Waals surface area (Å²) in [5.41, 5.74) is 0.620. The number of hydrogen-bond acceptors (Lipinski definition) is 5. The molecule has 0 saturated carbocycles. The number of hydrogen-bond donors (Lipinski definition) is 2. The highest BCUT2D eigenvalue weighted by Gasteiger charge is 2.18. The normalized spacial score (nSPS) is 11.3. The Morgan fingerprint density at radius 1 is 1.37 bits per heavy atom. The molecule has 0 radical (unpaired) electrons. The van der Waals surface area contributed by atoms with Crippen LogP contribution in [0.15, 0.2) is 11.1 Å². The molecule has 0 spiro atoms. The molecular weight excluding hydrogens is 292 g/mol. The quantitative estimate of drug-likeness (QED) is 0.642. The fourth-order valence-corrected chi connectivity index (χ4v) is 2.63. The first-order chi connectivity index (χ1) is 8.49. The predicted molar refractivity (Wildman–Crippen MR) is 75.1 cm³/mol. The van der Waals surface area contributed by atoms with Crippen LogP contribution in [-0.4, -0.2) is 51.5 Å². The van der Waals surface area contributed by atoms with Crippen molar-refractivity contribution in [3.63, 3.8) is 0 Å². The number of ether oxygens (including phenoxy) is 1. The summed E-state index contributed by atoms with van der Waals surface area (Å²) in [6, 6.07) is 0. The highest BCUT2D eigenvalue weighted by atomic mass is 35.5. The van der Waals surface area contributed by atoms with Gasteiger partial charge >= 0.3 is 0 Å². The monoisotopic (exact) mass is 312 g/mol. The minimum absolute atomic E-state index is 0. The van der Waals surface area contributed by atoms with Crippen molar-refractivity contribution in [1.82, 2.24) is 19.8 Å². The third-order valence-corrected chi connectivity index (χ3v) is 4.12. The molecule has 0 fully saturated rings. The van der Waals surface area contributed by atoms with E-state index in [-0.39, 0.29) is 17.3 Å². The Labute approximate surface area is 120 Å². The highest BCUT2D eigenvalue weighted by Crippen LogP contribution is 2.12. The Kier molecular flexibility index (Phi) is 8.19. The molecule has 7 nitrogen and oxygen atoms in total. The van der Waals surface area contributed by atoms with Crippen LogP contribution in [0.25, 0.3) is 0 Å². The minimum atomic E-state index is -3.47. The van der Waals surface area contributed by atoms with Gasteiger partial charge < -0.3 is 10.1 Å². The van der Waals surface area contributed by atoms with E-state index in [0.717, 1.165) is 0 Å². The van der Waals surface area contributed by atoms with Gasteiger partial charge in [-0.3, -0.25) is 4.68 Å². The van der Waals surface area contributed by atoms with Crippen LogP contribution in [0, 0.1) is 6.92 Å². The highest BCUT2D eigenvalue weighted by molar-refractivity contribution is 7.89. The lowest BCUT2D eigenvalue weighted by Crippen LogP contribution is -2.33. The lowest BCUT2D eigenvalue weighted by Gasteiger charge is -2.07. The van der Waals surface area contributed by atoms with Gasteiger partial charge in [-0.2, -0.15) is 5.10 Å². The summed E-state index contributed by atoms with van der Waals surface area (Å²) in [4.78, 5) is 0.224. The molecule has 1 heterocycles. The van der Waals surface area contributed by atoms with Crippen molar-refractivity contribution in [3.8, 4) is 0 Å². The average molecular weight is 313 g/mol. The van der Waals surface area contributed by atoms with Gasteiger partial charge in [0.05, 0.1) is 18.5 Å². The van der Waals surface area contributed by atoms with Crippen molar-refractivity contribution in [3.05, 3.63) is 11.9 Å². The summed E-state index contributed by atoms with van der Waals surface area (Å²) in [5.74, 6) is 0. The summed E-state index contributed by atoms with van der Waals surface area (Å²) in [7, 11) is -0.138. The second-order valence-corrected chi connectivity index (χ2v) is 5.59. The molecule has 112 valence electrons. The van der Waals surface area contributed by atoms with Gasteiger partial charge in [-0.15, -0.1) is 12.4 Å². The topological polar surface area (TPSA) is 85.2 Å². The number of rotatable bonds is 8. The Morgan fingerprint density at radius 2 is 2.05 bits per heavy atom. The van der Waals surface area contributed by atoms with E-state index in [1.165, 1.54) is 10.9 Å². The van der Waals surface area contributed by atoms with Crippen molar-refractivity contribution >= 4 is 22.4 Å². The summed E-state index contributed by atoms with van der Waals surface area (Å²) in [5, 5.41) is 6.97. The van der Waals surface area contributed by atoms with E-state index < -0.39 is 10.0 Å². The molecule has 1 aromatic heterocycles. The second kappa shape index (κ2) is 8.49. The lowest BCUT2D eigenvalue weighted by atomic mass is 10.5. The third kappa shape index (κ3) is 5.45. The van der Waals surface area contributed by atoms with Crippen molar-refractivity contribution in [2.45, 2.75) is 11.8 Å². The number of sulfonamides is 1. The van der Waals surface area contributed by atoms with E-state index in [1.807, 2.05) is 0 Å². The number of methoxy groups -OCH3 is 1. The SMILES string of the molecule is COCCNCCNS(=O)(=O)c1cnn(C)c1C.Cl. The number of halogens is 1. The molecule has 0 bridgehead atoms. The first kappa shape index (κ1) is 18.3. The first-order valence-corrected chi connectivity index (χ1v) is 7.15. The molecule has 0 aliphatic heterocycles. The number of aromatic nitrogens is 2. The standard InChI is InChI=1S/C10H20N4O3S.ClH/c1-9-10(8-12-14(9)2)18(15,16)13-5-4-11-6-7-17-3;/h8,11,13H,4-7H2,1-3H3;1H. The zero-order chi connectivity index (χ0) is 13.6. The van der Waals surface area contributed by atoms with Crippen LogP contribution in [0.4, 0.5) is 0 Å². The number of nitrogens with zero attached hydrogens (tertiary/aromatic N) is 2. The number of aryl methyl sites for hydroxylation is 1. The Morgan fingerprint density at radius 3 is 2.58 bits per heavy atom. The molecule has 9 heteroatoms. The first-order valence-electron chi connectivity index (χ1n) is 5.67. The van der Waals surface area contributed by atoms with E-state index in [0.29, 0.717) is 31.9 Å². The smallest absolute Gasteiger partial charge is 0.244 e. The molecule has 0 aliphatic rings. The van der Waals surface area contributed by atoms with E-state index in [9.17, 15) is 8.42 Å². The molecule has 0 saturated heterocycles. The molecule has 0 unspecified atom stereocenters. The van der Waals surface area contributed by atoms with Crippen LogP contribution in [0.2, 0.25) is 0 Å². The molecule has 1 rings (SSSR count). The second-order valence-electron chi connectivity index (χ2n) is 3.86. The lowest BCUT2D eigenvalue weighted by molar-refractivity contribution is 0.199. The summed E-state index contributed by atoms with van der Waals surface area (Å²) < 4.78 is 32.8. The van der Waals surface area contributed by atoms with Crippen LogP contribution in [0.5, 0.6) is 0 Å². The molecule has 2 N–H and O–H groups in total. The average Bonchev–Trinajstić information content (AvgIpc) is 2.65. The van der Waals surface area contributed by atoms with Gasteiger partial charge in [-0.05, 0) is 6.92 Å². The van der Waals surface area contributed by atoms with Crippen molar-refractivity contribution < 1.29 is 13.2 Å². The van der Waals surface area contributed by atoms with E-state index >= 15 is 0 Å². The van der Waals surface area contributed by atoms with Gasteiger partial charge in [0.15, 0.2) is 0 Å². The zero-order valence-corrected chi connectivity index (χ0v) is 13.0. The summed E-state index contributed by atoms with van der Waals surface area (Å²) in [6.45, 7) is 3.92. The molecular formula is C10H21ClN4O3S. The summed E-state index contributed by atoms with van der Waals surface area (Å²) >= 11 is 0. The predicted octanol–water partition coefficient (Wildman–Crippen LogP) is -0.335. The van der Waals surface area contributed by atoms with Gasteiger partial charge in [0, 0.05) is 33.8 Å². The van der Waals surface area contributed by atoms with Crippen molar-refractivity contribution in [2.75, 3.05) is 33.4 Å². The van der Waals surface area contributed by atoms with E-state index in [1.54, 1.807) is 21.1 Å². The summed E-state index contributed by atoms with van der Waals surface area (Å²) in [6.07, 6.45) is 1.36. The molecule has 0 aliphatic carbocycles. The molecule has 0 aromatic carbocycles. The Hall–Kier alpha value is -0.670. The molecule has 0 amide bonds. The Balaban J connectivity index is 0.00000324. The fraction of sp³-hybridized carbons (Fsp3) is 0.700. The van der Waals surface area contributed by atoms with Gasteiger partial charge in [-0.25, -0.2) is 13.1 Å². The van der Waals surface area contributed by atoms with Gasteiger partial charge in [0.1, 0.15) is 4.90 Å². The van der Waals surface area contributed by atoms with Crippen molar-refractivity contribution in [2.24, 2.45) is 7.05 Å². The fourth-order valence-electron chi connectivity index (χ4n) is 1.39. The molecule has 0 atom stereocenters. The maximum Gasteiger partial charge on any atom is 0.244 e. The van der Waals surface area contributed by atoms with Gasteiger partial charge in [-0.1, -0.05) is 0 Å². The van der Waals surface area contributed by atoms with Crippen LogP contribution < -0.4 is 10.0 Å². The largest absolute Gasteiger partial charge is 0.383 e. The van der Waals surface area contributed by atoms with Crippen LogP contribution >= 0.6 is 12.4 Å². The molecule has 1 aromatic rings. The van der Waals surface area contributed by atoms with E-state index in [2.05, 4.69) is 15.1 Å². The van der Waals surface area contributed by atoms with Gasteiger partial charge in [0.2, 0.25) is 10.0 Å². The van der Waals surface area contributed by atoms with Crippen LogP contribution in [-0.2, 0) is 21.8 Å². The van der Waals surface area contributed by atoms with E-state index in [4.69, 9.17) is 4.74 Å². The van der Waals surface area contributed by atoms with Crippen molar-refractivity contribution in [1.29, 1.82) is 0 Å². The van der Waals surface area contributed by atoms with Crippen LogP contribution in [0.3, 0.4) is 0 Å². The Bertz CT molecular complexity index is 475. The number of nitrogens with one attached hydrogen (secondary N) is 2. The van der Waals surface area contributed by atoms with Crippen LogP contribution in [0.1, 0.15) is 5.69 Å². The minimum Gasteiger partial charge on any atom is -0.383 e.